The van der Waals surface area contributed by atoms with Gasteiger partial charge in [0.25, 0.3) is 5.91 Å². The minimum atomic E-state index is -3.35. The smallest absolute Gasteiger partial charge is 0.254 e. The Kier molecular flexibility index (Phi) is 6.41. The summed E-state index contributed by atoms with van der Waals surface area (Å²) in [6.07, 6.45) is 2.31. The summed E-state index contributed by atoms with van der Waals surface area (Å²) in [4.78, 5) is 26.5. The summed E-state index contributed by atoms with van der Waals surface area (Å²) >= 11 is 0. The van der Waals surface area contributed by atoms with Gasteiger partial charge in [0, 0.05) is 24.3 Å². The summed E-state index contributed by atoms with van der Waals surface area (Å²) in [5, 5.41) is 2.84. The zero-order valence-corrected chi connectivity index (χ0v) is 15.4. The summed E-state index contributed by atoms with van der Waals surface area (Å²) in [6, 6.07) is 5.84. The summed E-state index contributed by atoms with van der Waals surface area (Å²) in [5.74, 6) is -0.338. The van der Waals surface area contributed by atoms with Crippen molar-refractivity contribution >= 4 is 27.5 Å². The van der Waals surface area contributed by atoms with E-state index in [0.29, 0.717) is 30.8 Å². The molecule has 1 aromatic carbocycles. The number of nitrogens with one attached hydrogen (secondary N) is 2. The molecule has 0 spiro atoms. The van der Waals surface area contributed by atoms with E-state index in [1.54, 1.807) is 36.1 Å². The topological polar surface area (TPSA) is 95.6 Å². The van der Waals surface area contributed by atoms with Gasteiger partial charge in [0.1, 0.15) is 6.04 Å². The van der Waals surface area contributed by atoms with Crippen molar-refractivity contribution in [2.75, 3.05) is 23.6 Å². The Labute approximate surface area is 148 Å². The lowest BCUT2D eigenvalue weighted by Gasteiger charge is -2.24. The predicted octanol–water partition coefficient (Wildman–Crippen LogP) is 1.58. The molecular weight excluding hydrogens is 342 g/mol. The third-order valence-electron chi connectivity index (χ3n) is 4.15. The van der Waals surface area contributed by atoms with Crippen LogP contribution in [0, 0.1) is 0 Å². The van der Waals surface area contributed by atoms with Crippen molar-refractivity contribution < 1.29 is 18.0 Å². The van der Waals surface area contributed by atoms with Crippen LogP contribution in [0.2, 0.25) is 0 Å². The second-order valence-electron chi connectivity index (χ2n) is 6.03. The highest BCUT2D eigenvalue weighted by molar-refractivity contribution is 7.92. The zero-order chi connectivity index (χ0) is 18.4. The molecule has 0 aliphatic carbocycles. The second-order valence-corrected chi connectivity index (χ2v) is 8.04. The SMILES string of the molecule is CCCNC(=O)C1CCCN1C(=O)c1ccc(NS(=O)(=O)CC)cc1. The van der Waals surface area contributed by atoms with Gasteiger partial charge in [-0.15, -0.1) is 0 Å². The lowest BCUT2D eigenvalue weighted by atomic mass is 10.1. The number of sulfonamides is 1. The van der Waals surface area contributed by atoms with Crippen LogP contribution >= 0.6 is 0 Å². The van der Waals surface area contributed by atoms with Crippen LogP contribution in [0.4, 0.5) is 5.69 Å². The highest BCUT2D eigenvalue weighted by Gasteiger charge is 2.34. The Morgan fingerprint density at radius 1 is 1.20 bits per heavy atom. The second kappa shape index (κ2) is 8.33. The number of hydrogen-bond donors (Lipinski definition) is 2. The Bertz CT molecular complexity index is 716. The number of carbonyl (C=O) groups excluding carboxylic acids is 2. The Hall–Kier alpha value is -2.09. The van der Waals surface area contributed by atoms with E-state index in [1.165, 1.54) is 0 Å². The fourth-order valence-corrected chi connectivity index (χ4v) is 3.39. The average Bonchev–Trinajstić information content (AvgIpc) is 3.09. The third kappa shape index (κ3) is 4.94. The van der Waals surface area contributed by atoms with E-state index in [0.717, 1.165) is 12.8 Å². The van der Waals surface area contributed by atoms with Gasteiger partial charge in [-0.2, -0.15) is 0 Å². The molecule has 2 rings (SSSR count). The van der Waals surface area contributed by atoms with E-state index in [4.69, 9.17) is 0 Å². The van der Waals surface area contributed by atoms with Crippen molar-refractivity contribution in [3.63, 3.8) is 0 Å². The molecule has 138 valence electrons. The lowest BCUT2D eigenvalue weighted by Crippen LogP contribution is -2.46. The number of amides is 2. The Morgan fingerprint density at radius 2 is 1.88 bits per heavy atom. The molecule has 0 bridgehead atoms. The van der Waals surface area contributed by atoms with E-state index in [-0.39, 0.29) is 17.6 Å². The van der Waals surface area contributed by atoms with Crippen LogP contribution in [-0.2, 0) is 14.8 Å². The number of benzene rings is 1. The Balaban J connectivity index is 2.07. The normalized spacial score (nSPS) is 17.4. The van der Waals surface area contributed by atoms with E-state index in [2.05, 4.69) is 10.0 Å². The van der Waals surface area contributed by atoms with Crippen LogP contribution in [0.5, 0.6) is 0 Å². The molecule has 2 amide bonds. The number of rotatable bonds is 7. The molecule has 1 aromatic rings. The highest BCUT2D eigenvalue weighted by Crippen LogP contribution is 2.21. The standard InChI is InChI=1S/C17H25N3O4S/c1-3-11-18-16(21)15-6-5-12-20(15)17(22)13-7-9-14(10-8-13)19-25(23,24)4-2/h7-10,15,19H,3-6,11-12H2,1-2H3,(H,18,21). The van der Waals surface area contributed by atoms with Crippen molar-refractivity contribution in [2.45, 2.75) is 39.2 Å². The quantitative estimate of drug-likeness (QED) is 0.765. The van der Waals surface area contributed by atoms with Crippen LogP contribution < -0.4 is 10.0 Å². The molecule has 7 nitrogen and oxygen atoms in total. The molecule has 8 heteroatoms. The molecule has 1 aliphatic rings. The minimum Gasteiger partial charge on any atom is -0.354 e. The number of anilines is 1. The number of nitrogens with zero attached hydrogens (tertiary/aromatic N) is 1. The molecule has 1 heterocycles. The summed E-state index contributed by atoms with van der Waals surface area (Å²) in [6.45, 7) is 4.68. The first-order valence-corrected chi connectivity index (χ1v) is 10.2. The zero-order valence-electron chi connectivity index (χ0n) is 14.6. The molecule has 0 radical (unpaired) electrons. The van der Waals surface area contributed by atoms with Gasteiger partial charge in [-0.1, -0.05) is 6.92 Å². The first-order valence-electron chi connectivity index (χ1n) is 8.57. The predicted molar refractivity (Wildman–Crippen MR) is 96.9 cm³/mol. The van der Waals surface area contributed by atoms with Crippen molar-refractivity contribution in [3.05, 3.63) is 29.8 Å². The molecule has 0 saturated carbocycles. The van der Waals surface area contributed by atoms with E-state index >= 15 is 0 Å². The van der Waals surface area contributed by atoms with Gasteiger partial charge >= 0.3 is 0 Å². The van der Waals surface area contributed by atoms with Crippen LogP contribution in [0.3, 0.4) is 0 Å². The van der Waals surface area contributed by atoms with Gasteiger partial charge in [0.2, 0.25) is 15.9 Å². The first kappa shape index (κ1) is 19.2. The summed E-state index contributed by atoms with van der Waals surface area (Å²) in [7, 11) is -3.35. The largest absolute Gasteiger partial charge is 0.354 e. The third-order valence-corrected chi connectivity index (χ3v) is 5.46. The average molecular weight is 367 g/mol. The number of likely N-dealkylation sites (tertiary alicyclic amines) is 1. The van der Waals surface area contributed by atoms with Gasteiger partial charge in [-0.05, 0) is 50.5 Å². The molecule has 1 fully saturated rings. The minimum absolute atomic E-state index is 0.0178. The van der Waals surface area contributed by atoms with Crippen LogP contribution in [0.1, 0.15) is 43.5 Å². The molecule has 1 atom stereocenters. The van der Waals surface area contributed by atoms with Crippen molar-refractivity contribution in [3.8, 4) is 0 Å². The van der Waals surface area contributed by atoms with Crippen molar-refractivity contribution in [2.24, 2.45) is 0 Å². The lowest BCUT2D eigenvalue weighted by molar-refractivity contribution is -0.124. The fourth-order valence-electron chi connectivity index (χ4n) is 2.75. The summed E-state index contributed by atoms with van der Waals surface area (Å²) < 4.78 is 25.6. The maximum Gasteiger partial charge on any atom is 0.254 e. The van der Waals surface area contributed by atoms with Crippen LogP contribution in [-0.4, -0.2) is 50.0 Å². The maximum absolute atomic E-state index is 12.7. The van der Waals surface area contributed by atoms with E-state index in [1.807, 2.05) is 6.92 Å². The molecule has 25 heavy (non-hydrogen) atoms. The highest BCUT2D eigenvalue weighted by atomic mass is 32.2. The van der Waals surface area contributed by atoms with Crippen molar-refractivity contribution in [1.82, 2.24) is 10.2 Å². The number of carbonyl (C=O) groups is 2. The molecule has 1 aliphatic heterocycles. The first-order chi connectivity index (χ1) is 11.9. The van der Waals surface area contributed by atoms with Gasteiger partial charge in [0.05, 0.1) is 5.75 Å². The molecule has 1 saturated heterocycles. The number of hydrogen-bond acceptors (Lipinski definition) is 4. The molecule has 1 unspecified atom stereocenters. The van der Waals surface area contributed by atoms with Gasteiger partial charge < -0.3 is 10.2 Å². The van der Waals surface area contributed by atoms with Gasteiger partial charge in [0.15, 0.2) is 0 Å². The monoisotopic (exact) mass is 367 g/mol. The van der Waals surface area contributed by atoms with Gasteiger partial charge in [-0.3, -0.25) is 14.3 Å². The molecule has 0 aromatic heterocycles. The van der Waals surface area contributed by atoms with Gasteiger partial charge in [-0.25, -0.2) is 8.42 Å². The van der Waals surface area contributed by atoms with Crippen LogP contribution in [0.25, 0.3) is 0 Å². The maximum atomic E-state index is 12.7. The van der Waals surface area contributed by atoms with E-state index < -0.39 is 16.1 Å². The van der Waals surface area contributed by atoms with Crippen LogP contribution in [0.15, 0.2) is 24.3 Å². The van der Waals surface area contributed by atoms with Crippen molar-refractivity contribution in [1.29, 1.82) is 0 Å². The Morgan fingerprint density at radius 3 is 2.48 bits per heavy atom. The fraction of sp³-hybridized carbons (Fsp3) is 0.529. The van der Waals surface area contributed by atoms with E-state index in [9.17, 15) is 18.0 Å². The summed E-state index contributed by atoms with van der Waals surface area (Å²) in [5.41, 5.74) is 0.853. The molecule has 2 N–H and O–H groups in total. The molecular formula is C17H25N3O4S.